The first-order valence-electron chi connectivity index (χ1n) is 7.21. The average molecular weight is 355 g/mol. The number of carboxylic acid groups (broad SMARTS) is 1. The van der Waals surface area contributed by atoms with Crippen LogP contribution in [0.3, 0.4) is 0 Å². The van der Waals surface area contributed by atoms with Crippen molar-refractivity contribution in [3.8, 4) is 22.6 Å². The smallest absolute Gasteiger partial charge is 0.497 e. The molecule has 0 saturated carbocycles. The molecule has 0 saturated heterocycles. The third kappa shape index (κ3) is 5.12. The first kappa shape index (κ1) is 18.6. The van der Waals surface area contributed by atoms with Gasteiger partial charge in [0.2, 0.25) is 0 Å². The van der Waals surface area contributed by atoms with Gasteiger partial charge in [0.1, 0.15) is 11.5 Å². The summed E-state index contributed by atoms with van der Waals surface area (Å²) in [5.74, 6) is -1.06. The van der Waals surface area contributed by atoms with E-state index in [9.17, 15) is 18.0 Å². The van der Waals surface area contributed by atoms with Crippen molar-refractivity contribution in [3.05, 3.63) is 48.0 Å². The number of rotatable bonds is 6. The standard InChI is InChI=1S/C17H16F3NO4/c1-24-12-4-2-3-10(7-12)13-8-11(14(21)9-16(22)23)5-6-15(13)25-17(18,19)20/h2-8,14H,9,21H2,1H3,(H,22,23)/t14-/m0/s1. The van der Waals surface area contributed by atoms with E-state index in [-0.39, 0.29) is 12.0 Å². The number of hydrogen-bond donors (Lipinski definition) is 2. The Labute approximate surface area is 141 Å². The highest BCUT2D eigenvalue weighted by Gasteiger charge is 2.32. The van der Waals surface area contributed by atoms with E-state index in [1.165, 1.54) is 19.2 Å². The number of carboxylic acids is 1. The third-order valence-corrected chi connectivity index (χ3v) is 3.43. The second-order valence-electron chi connectivity index (χ2n) is 5.24. The zero-order valence-electron chi connectivity index (χ0n) is 13.2. The topological polar surface area (TPSA) is 81.8 Å². The van der Waals surface area contributed by atoms with Crippen molar-refractivity contribution in [1.29, 1.82) is 0 Å². The van der Waals surface area contributed by atoms with Crippen LogP contribution in [-0.4, -0.2) is 24.5 Å². The van der Waals surface area contributed by atoms with Crippen LogP contribution in [0.2, 0.25) is 0 Å². The molecule has 0 aliphatic heterocycles. The van der Waals surface area contributed by atoms with Gasteiger partial charge in [-0.2, -0.15) is 0 Å². The van der Waals surface area contributed by atoms with Gasteiger partial charge in [0.25, 0.3) is 0 Å². The molecule has 8 heteroatoms. The van der Waals surface area contributed by atoms with Crippen LogP contribution in [0.4, 0.5) is 13.2 Å². The monoisotopic (exact) mass is 355 g/mol. The predicted octanol–water partition coefficient (Wildman–Crippen LogP) is 3.74. The Balaban J connectivity index is 2.52. The van der Waals surface area contributed by atoms with Gasteiger partial charge < -0.3 is 20.3 Å². The van der Waals surface area contributed by atoms with Crippen LogP contribution >= 0.6 is 0 Å². The molecule has 0 amide bonds. The second-order valence-corrected chi connectivity index (χ2v) is 5.24. The fourth-order valence-corrected chi connectivity index (χ4v) is 2.31. The molecule has 0 heterocycles. The fraction of sp³-hybridized carbons (Fsp3) is 0.235. The minimum atomic E-state index is -4.86. The van der Waals surface area contributed by atoms with Crippen molar-refractivity contribution in [1.82, 2.24) is 0 Å². The molecule has 2 aromatic carbocycles. The van der Waals surface area contributed by atoms with Gasteiger partial charge in [-0.25, -0.2) is 0 Å². The first-order chi connectivity index (χ1) is 11.7. The number of carbonyl (C=O) groups is 1. The molecule has 5 nitrogen and oxygen atoms in total. The molecule has 0 aromatic heterocycles. The maximum Gasteiger partial charge on any atom is 0.573 e. The van der Waals surface area contributed by atoms with E-state index >= 15 is 0 Å². The SMILES string of the molecule is COc1cccc(-c2cc([C@@H](N)CC(=O)O)ccc2OC(F)(F)F)c1. The van der Waals surface area contributed by atoms with Crippen LogP contribution in [-0.2, 0) is 4.79 Å². The lowest BCUT2D eigenvalue weighted by Gasteiger charge is -2.17. The number of ether oxygens (including phenoxy) is 2. The van der Waals surface area contributed by atoms with E-state index in [4.69, 9.17) is 15.6 Å². The lowest BCUT2D eigenvalue weighted by molar-refractivity contribution is -0.274. The van der Waals surface area contributed by atoms with Crippen molar-refractivity contribution in [2.75, 3.05) is 7.11 Å². The Morgan fingerprint density at radius 2 is 1.96 bits per heavy atom. The summed E-state index contributed by atoms with van der Waals surface area (Å²) in [6.45, 7) is 0. The Bertz CT molecular complexity index is 762. The molecule has 2 rings (SSSR count). The Hall–Kier alpha value is -2.74. The summed E-state index contributed by atoms with van der Waals surface area (Å²) < 4.78 is 47.2. The number of aliphatic carboxylic acids is 1. The fourth-order valence-electron chi connectivity index (χ4n) is 2.31. The van der Waals surface area contributed by atoms with Gasteiger partial charge in [-0.3, -0.25) is 4.79 Å². The molecule has 3 N–H and O–H groups in total. The first-order valence-corrected chi connectivity index (χ1v) is 7.21. The summed E-state index contributed by atoms with van der Waals surface area (Å²) in [6, 6.07) is 9.38. The molecule has 0 aliphatic carbocycles. The van der Waals surface area contributed by atoms with Crippen LogP contribution in [0.1, 0.15) is 18.0 Å². The summed E-state index contributed by atoms with van der Waals surface area (Å²) in [7, 11) is 1.44. The molecule has 2 aromatic rings. The molecule has 134 valence electrons. The summed E-state index contributed by atoms with van der Waals surface area (Å²) >= 11 is 0. The molecule has 0 spiro atoms. The summed E-state index contributed by atoms with van der Waals surface area (Å²) in [5, 5.41) is 8.84. The Kier molecular flexibility index (Phi) is 5.53. The summed E-state index contributed by atoms with van der Waals surface area (Å²) in [6.07, 6.45) is -5.21. The van der Waals surface area contributed by atoms with Crippen molar-refractivity contribution >= 4 is 5.97 Å². The van der Waals surface area contributed by atoms with Gasteiger partial charge in [-0.15, -0.1) is 13.2 Å². The normalized spacial score (nSPS) is 12.5. The Morgan fingerprint density at radius 1 is 1.24 bits per heavy atom. The van der Waals surface area contributed by atoms with Gasteiger partial charge in [0.05, 0.1) is 13.5 Å². The molecular formula is C17H16F3NO4. The van der Waals surface area contributed by atoms with Crippen LogP contribution in [0.25, 0.3) is 11.1 Å². The number of hydrogen-bond acceptors (Lipinski definition) is 4. The molecule has 0 fully saturated rings. The molecule has 0 aliphatic rings. The van der Waals surface area contributed by atoms with Crippen molar-refractivity contribution in [3.63, 3.8) is 0 Å². The van der Waals surface area contributed by atoms with Crippen LogP contribution < -0.4 is 15.2 Å². The van der Waals surface area contributed by atoms with E-state index in [1.54, 1.807) is 24.3 Å². The Morgan fingerprint density at radius 3 is 2.56 bits per heavy atom. The minimum Gasteiger partial charge on any atom is -0.497 e. The minimum absolute atomic E-state index is 0.134. The lowest BCUT2D eigenvalue weighted by Crippen LogP contribution is -2.18. The number of alkyl halides is 3. The molecule has 25 heavy (non-hydrogen) atoms. The highest BCUT2D eigenvalue weighted by molar-refractivity contribution is 5.73. The quantitative estimate of drug-likeness (QED) is 0.825. The molecular weight excluding hydrogens is 339 g/mol. The van der Waals surface area contributed by atoms with E-state index < -0.39 is 24.1 Å². The summed E-state index contributed by atoms with van der Waals surface area (Å²) in [5.41, 5.74) is 6.75. The van der Waals surface area contributed by atoms with Crippen LogP contribution in [0.15, 0.2) is 42.5 Å². The zero-order chi connectivity index (χ0) is 18.6. The van der Waals surface area contributed by atoms with Crippen LogP contribution in [0, 0.1) is 0 Å². The third-order valence-electron chi connectivity index (χ3n) is 3.43. The number of halogens is 3. The van der Waals surface area contributed by atoms with Gasteiger partial charge in [-0.1, -0.05) is 18.2 Å². The number of methoxy groups -OCH3 is 1. The maximum atomic E-state index is 12.7. The van der Waals surface area contributed by atoms with Crippen LogP contribution in [0.5, 0.6) is 11.5 Å². The van der Waals surface area contributed by atoms with Crippen molar-refractivity contribution in [2.45, 2.75) is 18.8 Å². The predicted molar refractivity (Wildman–Crippen MR) is 84.3 cm³/mol. The van der Waals surface area contributed by atoms with Gasteiger partial charge in [0, 0.05) is 11.6 Å². The highest BCUT2D eigenvalue weighted by atomic mass is 19.4. The van der Waals surface area contributed by atoms with E-state index in [0.717, 1.165) is 6.07 Å². The lowest BCUT2D eigenvalue weighted by atomic mass is 9.97. The van der Waals surface area contributed by atoms with Crippen molar-refractivity contribution < 1.29 is 32.5 Å². The van der Waals surface area contributed by atoms with Gasteiger partial charge in [-0.05, 0) is 35.4 Å². The average Bonchev–Trinajstić information content (AvgIpc) is 2.53. The van der Waals surface area contributed by atoms with Gasteiger partial charge >= 0.3 is 12.3 Å². The number of benzene rings is 2. The number of nitrogens with two attached hydrogens (primary N) is 1. The molecule has 0 bridgehead atoms. The highest BCUT2D eigenvalue weighted by Crippen LogP contribution is 2.37. The zero-order valence-corrected chi connectivity index (χ0v) is 13.2. The largest absolute Gasteiger partial charge is 0.573 e. The maximum absolute atomic E-state index is 12.7. The molecule has 0 radical (unpaired) electrons. The molecule has 1 atom stereocenters. The summed E-state index contributed by atoms with van der Waals surface area (Å²) in [4.78, 5) is 10.8. The second kappa shape index (κ2) is 7.43. The van der Waals surface area contributed by atoms with E-state index in [2.05, 4.69) is 4.74 Å². The van der Waals surface area contributed by atoms with E-state index in [1.807, 2.05) is 0 Å². The van der Waals surface area contributed by atoms with E-state index in [0.29, 0.717) is 16.9 Å². The van der Waals surface area contributed by atoms with Crippen molar-refractivity contribution in [2.24, 2.45) is 5.73 Å². The van der Waals surface area contributed by atoms with Gasteiger partial charge in [0.15, 0.2) is 0 Å². The molecule has 0 unspecified atom stereocenters.